The van der Waals surface area contributed by atoms with E-state index in [1.54, 1.807) is 4.90 Å². The van der Waals surface area contributed by atoms with E-state index in [0.29, 0.717) is 35.2 Å². The molecule has 1 aliphatic rings. The van der Waals surface area contributed by atoms with Crippen LogP contribution in [0.15, 0.2) is 30.3 Å². The van der Waals surface area contributed by atoms with Crippen LogP contribution in [0.3, 0.4) is 0 Å². The minimum absolute atomic E-state index is 0.0759. The maximum absolute atomic E-state index is 12.7. The highest BCUT2D eigenvalue weighted by Gasteiger charge is 2.28. The van der Waals surface area contributed by atoms with Gasteiger partial charge in [-0.2, -0.15) is 0 Å². The van der Waals surface area contributed by atoms with E-state index in [1.807, 2.05) is 37.3 Å². The van der Waals surface area contributed by atoms with Gasteiger partial charge in [0.05, 0.1) is 16.5 Å². The standard InChI is InChI=1S/C20H23N3O3S/c1-3-16(25)23-11-7-10-15(12-23)19(26)22-20-21-17(18(27-20)13(2)24)14-8-5-4-6-9-14/h4-6,8-9,15H,3,7,10-12H2,1-2H3,(H,21,22,26). The van der Waals surface area contributed by atoms with Crippen LogP contribution in [-0.2, 0) is 9.59 Å². The number of thiazole rings is 1. The second-order valence-electron chi connectivity index (χ2n) is 6.64. The van der Waals surface area contributed by atoms with Crippen molar-refractivity contribution in [2.24, 2.45) is 5.92 Å². The van der Waals surface area contributed by atoms with Crippen molar-refractivity contribution in [1.82, 2.24) is 9.88 Å². The maximum Gasteiger partial charge on any atom is 0.231 e. The van der Waals surface area contributed by atoms with E-state index in [-0.39, 0.29) is 23.5 Å². The Labute approximate surface area is 162 Å². The number of Topliss-reactive ketones (excluding diaryl/α,β-unsaturated/α-hetero) is 1. The Kier molecular flexibility index (Phi) is 6.01. The van der Waals surface area contributed by atoms with Crippen molar-refractivity contribution in [3.63, 3.8) is 0 Å². The molecule has 0 radical (unpaired) electrons. The molecule has 142 valence electrons. The van der Waals surface area contributed by atoms with E-state index >= 15 is 0 Å². The van der Waals surface area contributed by atoms with Crippen molar-refractivity contribution in [2.75, 3.05) is 18.4 Å². The maximum atomic E-state index is 12.7. The largest absolute Gasteiger partial charge is 0.342 e. The number of amides is 2. The topological polar surface area (TPSA) is 79.4 Å². The molecule has 2 aromatic rings. The van der Waals surface area contributed by atoms with Crippen LogP contribution in [0, 0.1) is 5.92 Å². The normalized spacial score (nSPS) is 16.8. The van der Waals surface area contributed by atoms with Gasteiger partial charge in [-0.25, -0.2) is 4.98 Å². The lowest BCUT2D eigenvalue weighted by molar-refractivity contribution is -0.134. The number of ketones is 1. The highest BCUT2D eigenvalue weighted by Crippen LogP contribution is 2.32. The van der Waals surface area contributed by atoms with Gasteiger partial charge in [0, 0.05) is 32.0 Å². The highest BCUT2D eigenvalue weighted by atomic mass is 32.1. The monoisotopic (exact) mass is 385 g/mol. The Hall–Kier alpha value is -2.54. The molecule has 1 aromatic carbocycles. The number of hydrogen-bond donors (Lipinski definition) is 1. The van der Waals surface area contributed by atoms with Gasteiger partial charge in [0.15, 0.2) is 10.9 Å². The Morgan fingerprint density at radius 3 is 2.67 bits per heavy atom. The summed E-state index contributed by atoms with van der Waals surface area (Å²) in [6, 6.07) is 9.46. The van der Waals surface area contributed by atoms with Gasteiger partial charge in [-0.15, -0.1) is 0 Å². The van der Waals surface area contributed by atoms with Crippen molar-refractivity contribution in [3.8, 4) is 11.3 Å². The van der Waals surface area contributed by atoms with Crippen LogP contribution in [0.2, 0.25) is 0 Å². The molecular formula is C20H23N3O3S. The fourth-order valence-electron chi connectivity index (χ4n) is 3.25. The molecule has 1 atom stereocenters. The first kappa shape index (κ1) is 19.2. The number of carbonyl (C=O) groups excluding carboxylic acids is 3. The third kappa shape index (κ3) is 4.42. The number of aromatic nitrogens is 1. The smallest absolute Gasteiger partial charge is 0.231 e. The molecule has 2 amide bonds. The molecule has 1 aliphatic heterocycles. The van der Waals surface area contributed by atoms with Gasteiger partial charge in [0.2, 0.25) is 11.8 Å². The zero-order chi connectivity index (χ0) is 19.4. The number of rotatable bonds is 5. The SMILES string of the molecule is CCC(=O)N1CCCC(C(=O)Nc2nc(-c3ccccc3)c(C(C)=O)s2)C1. The number of piperidine rings is 1. The molecule has 3 rings (SSSR count). The van der Waals surface area contributed by atoms with Crippen LogP contribution >= 0.6 is 11.3 Å². The Morgan fingerprint density at radius 1 is 1.26 bits per heavy atom. The first-order chi connectivity index (χ1) is 13.0. The fourth-order valence-corrected chi connectivity index (χ4v) is 4.14. The minimum atomic E-state index is -0.251. The summed E-state index contributed by atoms with van der Waals surface area (Å²) >= 11 is 1.19. The van der Waals surface area contributed by atoms with Crippen LogP contribution < -0.4 is 5.32 Å². The first-order valence-corrected chi connectivity index (χ1v) is 9.97. The second kappa shape index (κ2) is 8.43. The molecule has 0 saturated carbocycles. The molecule has 1 N–H and O–H groups in total. The molecule has 1 saturated heterocycles. The summed E-state index contributed by atoms with van der Waals surface area (Å²) in [5, 5.41) is 3.27. The molecule has 1 unspecified atom stereocenters. The molecule has 0 aliphatic carbocycles. The number of anilines is 1. The van der Waals surface area contributed by atoms with Crippen LogP contribution in [-0.4, -0.2) is 40.6 Å². The lowest BCUT2D eigenvalue weighted by atomic mass is 9.97. The Morgan fingerprint density at radius 2 is 2.00 bits per heavy atom. The molecule has 2 heterocycles. The molecule has 27 heavy (non-hydrogen) atoms. The number of nitrogens with one attached hydrogen (secondary N) is 1. The number of nitrogens with zero attached hydrogens (tertiary/aromatic N) is 2. The molecule has 1 aromatic heterocycles. The second-order valence-corrected chi connectivity index (χ2v) is 7.64. The quantitative estimate of drug-likeness (QED) is 0.798. The molecule has 6 nitrogen and oxygen atoms in total. The zero-order valence-corrected chi connectivity index (χ0v) is 16.3. The van der Waals surface area contributed by atoms with Crippen LogP contribution in [0.25, 0.3) is 11.3 Å². The van der Waals surface area contributed by atoms with Gasteiger partial charge in [0.25, 0.3) is 0 Å². The van der Waals surface area contributed by atoms with Crippen molar-refractivity contribution in [3.05, 3.63) is 35.2 Å². The third-order valence-corrected chi connectivity index (χ3v) is 5.74. The number of hydrogen-bond acceptors (Lipinski definition) is 5. The predicted molar refractivity (Wildman–Crippen MR) is 106 cm³/mol. The van der Waals surface area contributed by atoms with Crippen LogP contribution in [0.4, 0.5) is 5.13 Å². The summed E-state index contributed by atoms with van der Waals surface area (Å²) in [6.45, 7) is 4.48. The summed E-state index contributed by atoms with van der Waals surface area (Å²) in [5.74, 6) is -0.401. The lowest BCUT2D eigenvalue weighted by Gasteiger charge is -2.31. The van der Waals surface area contributed by atoms with E-state index < -0.39 is 0 Å². The lowest BCUT2D eigenvalue weighted by Crippen LogP contribution is -2.43. The van der Waals surface area contributed by atoms with Crippen molar-refractivity contribution in [1.29, 1.82) is 0 Å². The van der Waals surface area contributed by atoms with Crippen LogP contribution in [0.5, 0.6) is 0 Å². The molecule has 7 heteroatoms. The first-order valence-electron chi connectivity index (χ1n) is 9.15. The van der Waals surface area contributed by atoms with Gasteiger partial charge in [-0.05, 0) is 12.8 Å². The van der Waals surface area contributed by atoms with Gasteiger partial charge in [-0.3, -0.25) is 14.4 Å². The van der Waals surface area contributed by atoms with Gasteiger partial charge in [-0.1, -0.05) is 48.6 Å². The summed E-state index contributed by atoms with van der Waals surface area (Å²) in [7, 11) is 0. The van der Waals surface area contributed by atoms with E-state index in [9.17, 15) is 14.4 Å². The van der Waals surface area contributed by atoms with E-state index in [0.717, 1.165) is 18.4 Å². The van der Waals surface area contributed by atoms with Crippen molar-refractivity contribution < 1.29 is 14.4 Å². The van der Waals surface area contributed by atoms with Gasteiger partial charge < -0.3 is 10.2 Å². The predicted octanol–water partition coefficient (Wildman–Crippen LogP) is 3.60. The number of likely N-dealkylation sites (tertiary alicyclic amines) is 1. The van der Waals surface area contributed by atoms with E-state index in [4.69, 9.17) is 0 Å². The Bertz CT molecular complexity index is 847. The van der Waals surface area contributed by atoms with Crippen molar-refractivity contribution >= 4 is 34.1 Å². The minimum Gasteiger partial charge on any atom is -0.342 e. The zero-order valence-electron chi connectivity index (χ0n) is 15.5. The molecule has 1 fully saturated rings. The molecular weight excluding hydrogens is 362 g/mol. The van der Waals surface area contributed by atoms with Crippen LogP contribution in [0.1, 0.15) is 42.8 Å². The van der Waals surface area contributed by atoms with E-state index in [2.05, 4.69) is 10.3 Å². The highest BCUT2D eigenvalue weighted by molar-refractivity contribution is 7.18. The third-order valence-electron chi connectivity index (χ3n) is 4.67. The Balaban J connectivity index is 1.76. The molecule has 0 bridgehead atoms. The summed E-state index contributed by atoms with van der Waals surface area (Å²) in [4.78, 5) is 43.4. The van der Waals surface area contributed by atoms with Gasteiger partial charge >= 0.3 is 0 Å². The average molecular weight is 385 g/mol. The molecule has 0 spiro atoms. The average Bonchev–Trinajstić information content (AvgIpc) is 3.12. The summed E-state index contributed by atoms with van der Waals surface area (Å²) < 4.78 is 0. The summed E-state index contributed by atoms with van der Waals surface area (Å²) in [5.41, 5.74) is 1.44. The number of benzene rings is 1. The van der Waals surface area contributed by atoms with Gasteiger partial charge in [0.1, 0.15) is 0 Å². The summed E-state index contributed by atoms with van der Waals surface area (Å²) in [6.07, 6.45) is 2.01. The fraction of sp³-hybridized carbons (Fsp3) is 0.400. The number of carbonyl (C=O) groups is 3. The van der Waals surface area contributed by atoms with Crippen molar-refractivity contribution in [2.45, 2.75) is 33.1 Å². The van der Waals surface area contributed by atoms with E-state index in [1.165, 1.54) is 18.3 Å².